The zero-order chi connectivity index (χ0) is 51.5. The average Bonchev–Trinajstić information content (AvgIpc) is 3.15. The van der Waals surface area contributed by atoms with E-state index in [2.05, 4.69) is 28.4 Å². The SMILES string of the molecule is FC(F)(F)C12CC3(C(F)(F)F)OC(C(F)(F)F)(CC(C(F)(F)F)(O1)C3(CP)c1ccc(-c3ccccc3)cc1C1(CP)C3(C(F)(F)F)CC4(C(F)(F)F)OC(C(F)(F)F)(CC1(C(F)(F)F)O4)O3)O2. The molecule has 2 aromatic carbocycles. The summed E-state index contributed by atoms with van der Waals surface area (Å²) < 4.78 is 403. The second-order valence-electron chi connectivity index (χ2n) is 17.0. The lowest BCUT2D eigenvalue weighted by molar-refractivity contribution is -0.643. The van der Waals surface area contributed by atoms with Gasteiger partial charge in [0.05, 0.1) is 36.5 Å². The van der Waals surface area contributed by atoms with E-state index in [1.54, 1.807) is 0 Å². The summed E-state index contributed by atoms with van der Waals surface area (Å²) in [5.74, 6) is -22.9. The Labute approximate surface area is 367 Å². The standard InChI is InChI=1S/C36H24F24O6P2/c37-29(38,39)21-9-25(33(49,50)51)62-22(30(40,41)42,10-26(61-21,65-25)34(52,53)54)19(21,13-67)17-7-6-16(15-4-2-1-3-5-15)8-18(17)20(14-68)23(31(43,44)45)11-27(35(55,56)57)64-24(20,32(46,47)48)12-28(63-23,66-27)36(58,59)60/h1-8H,9-14,67-68H2. The van der Waals surface area contributed by atoms with Crippen LogP contribution in [0.5, 0.6) is 0 Å². The molecule has 68 heavy (non-hydrogen) atoms. The Morgan fingerprint density at radius 2 is 0.618 bits per heavy atom. The molecule has 0 radical (unpaired) electrons. The van der Waals surface area contributed by atoms with E-state index in [4.69, 9.17) is 0 Å². The van der Waals surface area contributed by atoms with Gasteiger partial charge in [-0.15, -0.1) is 18.5 Å². The Bertz CT molecular complexity index is 2230. The highest BCUT2D eigenvalue weighted by molar-refractivity contribution is 7.16. The third kappa shape index (κ3) is 5.68. The van der Waals surface area contributed by atoms with Crippen LogP contribution in [-0.4, -0.2) is 107 Å². The van der Waals surface area contributed by atoms with Crippen LogP contribution in [0.3, 0.4) is 0 Å². The van der Waals surface area contributed by atoms with Crippen LogP contribution in [0.1, 0.15) is 36.8 Å². The van der Waals surface area contributed by atoms with Gasteiger partial charge >= 0.3 is 49.4 Å². The van der Waals surface area contributed by atoms with Gasteiger partial charge in [0, 0.05) is 0 Å². The van der Waals surface area contributed by atoms with Crippen LogP contribution in [0.4, 0.5) is 105 Å². The molecule has 8 bridgehead atoms. The highest BCUT2D eigenvalue weighted by Gasteiger charge is 3.01. The summed E-state index contributed by atoms with van der Waals surface area (Å²) >= 11 is 0. The topological polar surface area (TPSA) is 55.4 Å². The van der Waals surface area contributed by atoms with Crippen molar-refractivity contribution in [3.8, 4) is 11.1 Å². The lowest BCUT2D eigenvalue weighted by atomic mass is 9.44. The molecule has 8 saturated heterocycles. The van der Waals surface area contributed by atoms with Crippen molar-refractivity contribution in [3.05, 3.63) is 59.7 Å². The molecule has 0 aliphatic carbocycles. The third-order valence-electron chi connectivity index (χ3n) is 13.9. The minimum atomic E-state index is -7.16. The van der Waals surface area contributed by atoms with E-state index in [-0.39, 0.29) is 12.1 Å². The van der Waals surface area contributed by atoms with Gasteiger partial charge in [0.25, 0.3) is 23.1 Å². The van der Waals surface area contributed by atoms with Gasteiger partial charge in [-0.1, -0.05) is 48.5 Å². The fourth-order valence-electron chi connectivity index (χ4n) is 11.4. The average molecular weight is 1070 g/mol. The largest absolute Gasteiger partial charge is 0.443 e. The van der Waals surface area contributed by atoms with Crippen molar-refractivity contribution in [2.75, 3.05) is 12.3 Å². The van der Waals surface area contributed by atoms with E-state index in [1.807, 2.05) is 0 Å². The van der Waals surface area contributed by atoms with Gasteiger partial charge in [-0.3, -0.25) is 0 Å². The van der Waals surface area contributed by atoms with Crippen LogP contribution in [0.25, 0.3) is 11.1 Å². The molecule has 0 amide bonds. The van der Waals surface area contributed by atoms with E-state index in [1.165, 1.54) is 6.07 Å². The monoisotopic (exact) mass is 1070 g/mol. The summed E-state index contributed by atoms with van der Waals surface area (Å²) in [6.45, 7) is 0. The molecule has 8 aliphatic heterocycles. The highest BCUT2D eigenvalue weighted by atomic mass is 31.0. The number of alkyl halides is 24. The zero-order valence-corrected chi connectivity index (χ0v) is 34.8. The van der Waals surface area contributed by atoms with Gasteiger partial charge in [0.2, 0.25) is 0 Å². The molecule has 2 aromatic rings. The van der Waals surface area contributed by atoms with E-state index >= 15 is 105 Å². The van der Waals surface area contributed by atoms with Crippen LogP contribution in [0.15, 0.2) is 48.5 Å². The second-order valence-corrected chi connectivity index (χ2v) is 17.8. The summed E-state index contributed by atoms with van der Waals surface area (Å²) in [4.78, 5) is 0. The molecule has 8 fully saturated rings. The number of rotatable bonds is 5. The Balaban J connectivity index is 1.65. The van der Waals surface area contributed by atoms with Crippen molar-refractivity contribution in [3.63, 3.8) is 0 Å². The van der Waals surface area contributed by atoms with Gasteiger partial charge in [0.1, 0.15) is 0 Å². The number of ether oxygens (including phenoxy) is 6. The van der Waals surface area contributed by atoms with Crippen molar-refractivity contribution < 1.29 is 134 Å². The predicted octanol–water partition coefficient (Wildman–Crippen LogP) is 11.6. The Hall–Kier alpha value is -2.62. The fraction of sp³-hybridized carbons (Fsp3) is 0.667. The molecule has 8 aliphatic rings. The lowest BCUT2D eigenvalue weighted by Gasteiger charge is -2.77. The van der Waals surface area contributed by atoms with Gasteiger partial charge in [-0.05, 0) is 34.6 Å². The Morgan fingerprint density at radius 3 is 0.868 bits per heavy atom. The van der Waals surface area contributed by atoms with Crippen LogP contribution in [0, 0.1) is 0 Å². The maximum atomic E-state index is 16.4. The molecular weight excluding hydrogens is 1050 g/mol. The molecule has 8 heterocycles. The first-order valence-electron chi connectivity index (χ1n) is 18.7. The molecule has 382 valence electrons. The summed E-state index contributed by atoms with van der Waals surface area (Å²) in [6.07, 6.45) is -74.8. The van der Waals surface area contributed by atoms with E-state index in [0.29, 0.717) is 6.07 Å². The van der Waals surface area contributed by atoms with Crippen molar-refractivity contribution in [1.29, 1.82) is 0 Å². The molecule has 0 N–H and O–H groups in total. The summed E-state index contributed by atoms with van der Waals surface area (Å²) in [6, 6.07) is 5.02. The Morgan fingerprint density at radius 1 is 0.338 bits per heavy atom. The number of halogens is 24. The minimum Gasteiger partial charge on any atom is -0.325 e. The molecule has 10 unspecified atom stereocenters. The fourth-order valence-corrected chi connectivity index (χ4v) is 13.1. The maximum absolute atomic E-state index is 16.4. The van der Waals surface area contributed by atoms with Crippen LogP contribution in [0.2, 0.25) is 0 Å². The first-order valence-corrected chi connectivity index (χ1v) is 20.4. The first-order chi connectivity index (χ1) is 30.4. The maximum Gasteiger partial charge on any atom is 0.443 e. The molecule has 6 nitrogen and oxygen atoms in total. The second kappa shape index (κ2) is 13.7. The van der Waals surface area contributed by atoms with Gasteiger partial charge in [-0.2, -0.15) is 105 Å². The Kier molecular flexibility index (Phi) is 10.4. The zero-order valence-electron chi connectivity index (χ0n) is 32.5. The summed E-state index contributed by atoms with van der Waals surface area (Å²) in [5, 5.41) is 0. The van der Waals surface area contributed by atoms with E-state index in [0.717, 1.165) is 42.7 Å². The third-order valence-corrected chi connectivity index (χ3v) is 15.1. The highest BCUT2D eigenvalue weighted by Crippen LogP contribution is 2.82. The van der Waals surface area contributed by atoms with E-state index < -0.39 is 166 Å². The minimum absolute atomic E-state index is 0.150. The smallest absolute Gasteiger partial charge is 0.325 e. The summed E-state index contributed by atoms with van der Waals surface area (Å²) in [5.41, 5.74) is -40.3. The van der Waals surface area contributed by atoms with Crippen LogP contribution >= 0.6 is 18.5 Å². The molecule has 0 spiro atoms. The van der Waals surface area contributed by atoms with E-state index in [9.17, 15) is 0 Å². The molecule has 10 atom stereocenters. The molecule has 32 heteroatoms. The van der Waals surface area contributed by atoms with Gasteiger partial charge in [-0.25, -0.2) is 0 Å². The number of hydrogen-bond acceptors (Lipinski definition) is 6. The normalized spacial score (nSPS) is 40.9. The quantitative estimate of drug-likeness (QED) is 0.220. The van der Waals surface area contributed by atoms with Gasteiger partial charge < -0.3 is 28.4 Å². The van der Waals surface area contributed by atoms with Crippen LogP contribution in [-0.2, 0) is 39.3 Å². The van der Waals surface area contributed by atoms with Gasteiger partial charge in [0.15, 0.2) is 22.4 Å². The van der Waals surface area contributed by atoms with Crippen molar-refractivity contribution in [1.82, 2.24) is 0 Å². The van der Waals surface area contributed by atoms with Crippen molar-refractivity contribution in [2.24, 2.45) is 0 Å². The van der Waals surface area contributed by atoms with Crippen LogP contribution < -0.4 is 0 Å². The predicted molar refractivity (Wildman–Crippen MR) is 180 cm³/mol. The molecule has 10 rings (SSSR count). The molecule has 0 aromatic heterocycles. The first kappa shape index (κ1) is 51.7. The van der Waals surface area contributed by atoms with Crippen molar-refractivity contribution >= 4 is 18.5 Å². The summed E-state index contributed by atoms with van der Waals surface area (Å²) in [7, 11) is 2.12. The number of hydrogen-bond donors (Lipinski definition) is 0. The number of benzene rings is 2. The van der Waals surface area contributed by atoms with Crippen molar-refractivity contribution in [2.45, 2.75) is 131 Å². The lowest BCUT2D eigenvalue weighted by Crippen LogP contribution is -2.95. The molecule has 0 saturated carbocycles. The molecular formula is C36H24F24O6P2.